The van der Waals surface area contributed by atoms with Crippen molar-refractivity contribution in [1.82, 2.24) is 0 Å². The number of carbonyl (C=O) groups excluding carboxylic acids is 1. The van der Waals surface area contributed by atoms with E-state index in [1.165, 1.54) is 17.2 Å². The first-order valence-electron chi connectivity index (χ1n) is 10.1. The van der Waals surface area contributed by atoms with Gasteiger partial charge in [-0.15, -0.1) is 0 Å². The van der Waals surface area contributed by atoms with Crippen LogP contribution in [0, 0.1) is 5.41 Å². The first kappa shape index (κ1) is 25.5. The van der Waals surface area contributed by atoms with E-state index in [0.29, 0.717) is 12.2 Å². The highest BCUT2D eigenvalue weighted by atomic mass is 32.2. The summed E-state index contributed by atoms with van der Waals surface area (Å²) in [6.07, 6.45) is 5.40. The van der Waals surface area contributed by atoms with Gasteiger partial charge in [-0.25, -0.2) is 13.6 Å². The van der Waals surface area contributed by atoms with E-state index in [0.717, 1.165) is 28.5 Å². The van der Waals surface area contributed by atoms with Gasteiger partial charge in [-0.1, -0.05) is 54.6 Å². The van der Waals surface area contributed by atoms with Crippen LogP contribution in [-0.4, -0.2) is 38.4 Å². The van der Waals surface area contributed by atoms with Gasteiger partial charge in [0.15, 0.2) is 0 Å². The number of rotatable bonds is 6. The molecule has 3 aromatic carbocycles. The average molecular weight is 466 g/mol. The monoisotopic (exact) mass is 465 g/mol. The number of phenolic OH excluding ortho intramolecular Hbond substituents is 1. The molecule has 0 bridgehead atoms. The van der Waals surface area contributed by atoms with Gasteiger partial charge >= 0.3 is 0 Å². The largest absolute Gasteiger partial charge is 0.506 e. The Morgan fingerprint density at radius 3 is 2.21 bits per heavy atom. The van der Waals surface area contributed by atoms with Crippen LogP contribution in [-0.2, 0) is 14.8 Å². The maximum atomic E-state index is 12.7. The number of sulfonamides is 1. The summed E-state index contributed by atoms with van der Waals surface area (Å²) in [5.41, 5.74) is 3.99. The molecule has 0 fully saturated rings. The van der Waals surface area contributed by atoms with E-state index < -0.39 is 10.0 Å². The molecule has 0 saturated heterocycles. The minimum Gasteiger partial charge on any atom is -0.506 e. The Bertz CT molecular complexity index is 1230. The van der Waals surface area contributed by atoms with Crippen LogP contribution < -0.4 is 10.0 Å². The molecule has 0 unspecified atom stereocenters. The van der Waals surface area contributed by atoms with Crippen LogP contribution in [0.3, 0.4) is 0 Å². The predicted octanol–water partition coefficient (Wildman–Crippen LogP) is 4.03. The van der Waals surface area contributed by atoms with E-state index in [1.807, 2.05) is 67.6 Å². The van der Waals surface area contributed by atoms with Crippen molar-refractivity contribution in [3.63, 3.8) is 0 Å². The highest BCUT2D eigenvalue weighted by molar-refractivity contribution is 7.88. The summed E-state index contributed by atoms with van der Waals surface area (Å²) in [7, 11) is -3.17. The molecule has 0 aromatic heterocycles. The Labute approximate surface area is 194 Å². The van der Waals surface area contributed by atoms with Gasteiger partial charge in [0.05, 0.1) is 11.9 Å². The zero-order valence-electron chi connectivity index (χ0n) is 18.5. The van der Waals surface area contributed by atoms with E-state index in [2.05, 4.69) is 5.14 Å². The van der Waals surface area contributed by atoms with Crippen LogP contribution in [0.25, 0.3) is 17.2 Å². The number of phenols is 1. The van der Waals surface area contributed by atoms with Crippen molar-refractivity contribution >= 4 is 33.9 Å². The molecule has 3 aromatic rings. The maximum Gasteiger partial charge on any atom is 0.251 e. The SMILES string of the molecule is CCN(C(=O)/C=C/c1cccc(C=N)c1)c1ccc(-c2ccccc2)cc1O.CS(N)(=O)=O. The fourth-order valence-electron chi connectivity index (χ4n) is 3.02. The van der Waals surface area contributed by atoms with Crippen molar-refractivity contribution in [1.29, 1.82) is 5.41 Å². The van der Waals surface area contributed by atoms with Crippen LogP contribution in [0.2, 0.25) is 0 Å². The summed E-state index contributed by atoms with van der Waals surface area (Å²) in [5.74, 6) is -0.152. The number of hydrogen-bond donors (Lipinski definition) is 3. The number of anilines is 1. The number of aromatic hydroxyl groups is 1. The summed E-state index contributed by atoms with van der Waals surface area (Å²) < 4.78 is 18.8. The number of carbonyl (C=O) groups is 1. The van der Waals surface area contributed by atoms with E-state index in [1.54, 1.807) is 18.2 Å². The Morgan fingerprint density at radius 2 is 1.64 bits per heavy atom. The Hall–Kier alpha value is -3.75. The third-order valence-corrected chi connectivity index (χ3v) is 4.45. The van der Waals surface area contributed by atoms with Gasteiger partial charge in [0, 0.05) is 18.8 Å². The van der Waals surface area contributed by atoms with E-state index >= 15 is 0 Å². The fourth-order valence-corrected chi connectivity index (χ4v) is 3.02. The molecule has 0 heterocycles. The minimum atomic E-state index is -3.17. The Kier molecular flexibility index (Phi) is 9.08. The van der Waals surface area contributed by atoms with Crippen molar-refractivity contribution in [3.05, 3.63) is 90.0 Å². The van der Waals surface area contributed by atoms with Crippen LogP contribution >= 0.6 is 0 Å². The molecule has 1 amide bonds. The second kappa shape index (κ2) is 11.8. The van der Waals surface area contributed by atoms with Gasteiger partial charge < -0.3 is 15.4 Å². The second-order valence-corrected chi connectivity index (χ2v) is 8.79. The lowest BCUT2D eigenvalue weighted by Gasteiger charge is -2.21. The molecule has 3 rings (SSSR count). The number of nitrogens with two attached hydrogens (primary N) is 1. The molecule has 7 nitrogen and oxygen atoms in total. The van der Waals surface area contributed by atoms with E-state index in [4.69, 9.17) is 5.41 Å². The zero-order valence-corrected chi connectivity index (χ0v) is 19.3. The van der Waals surface area contributed by atoms with Crippen molar-refractivity contribution in [3.8, 4) is 16.9 Å². The van der Waals surface area contributed by atoms with Gasteiger partial charge in [0.1, 0.15) is 5.75 Å². The topological polar surface area (TPSA) is 125 Å². The molecule has 33 heavy (non-hydrogen) atoms. The fraction of sp³-hybridized carbons (Fsp3) is 0.120. The molecule has 4 N–H and O–H groups in total. The number of nitrogens with one attached hydrogen (secondary N) is 1. The van der Waals surface area contributed by atoms with E-state index in [9.17, 15) is 18.3 Å². The lowest BCUT2D eigenvalue weighted by atomic mass is 10.0. The lowest BCUT2D eigenvalue weighted by Crippen LogP contribution is -2.28. The van der Waals surface area contributed by atoms with Gasteiger partial charge in [-0.2, -0.15) is 0 Å². The van der Waals surface area contributed by atoms with Crippen LogP contribution in [0.5, 0.6) is 5.75 Å². The first-order valence-corrected chi connectivity index (χ1v) is 12.0. The number of amides is 1. The molecule has 0 aliphatic carbocycles. The van der Waals surface area contributed by atoms with Crippen molar-refractivity contribution in [2.24, 2.45) is 5.14 Å². The second-order valence-electron chi connectivity index (χ2n) is 7.13. The lowest BCUT2D eigenvalue weighted by molar-refractivity contribution is -0.114. The van der Waals surface area contributed by atoms with Gasteiger partial charge in [-0.3, -0.25) is 4.79 Å². The number of primary sulfonamides is 1. The quantitative estimate of drug-likeness (QED) is 0.375. The number of likely N-dealkylation sites (N-methyl/N-ethyl adjacent to an activating group) is 1. The molecule has 8 heteroatoms. The minimum absolute atomic E-state index is 0.0655. The molecule has 172 valence electrons. The molecule has 0 aliphatic rings. The molecular weight excluding hydrogens is 438 g/mol. The predicted molar refractivity (Wildman–Crippen MR) is 134 cm³/mol. The van der Waals surface area contributed by atoms with Gasteiger partial charge in [0.25, 0.3) is 5.91 Å². The Balaban J connectivity index is 0.000000696. The smallest absolute Gasteiger partial charge is 0.251 e. The van der Waals surface area contributed by atoms with Gasteiger partial charge in [-0.05, 0) is 53.5 Å². The van der Waals surface area contributed by atoms with Crippen molar-refractivity contribution < 1.29 is 18.3 Å². The van der Waals surface area contributed by atoms with E-state index in [-0.39, 0.29) is 11.7 Å². The summed E-state index contributed by atoms with van der Waals surface area (Å²) in [4.78, 5) is 14.2. The zero-order chi connectivity index (χ0) is 24.4. The molecule has 0 saturated carbocycles. The third kappa shape index (κ3) is 8.36. The summed E-state index contributed by atoms with van der Waals surface area (Å²) in [6.45, 7) is 2.30. The summed E-state index contributed by atoms with van der Waals surface area (Å²) in [6, 6.07) is 22.5. The Morgan fingerprint density at radius 1 is 1.00 bits per heavy atom. The maximum absolute atomic E-state index is 12.7. The molecular formula is C25H27N3O4S. The first-order chi connectivity index (χ1) is 15.6. The normalized spacial score (nSPS) is 10.9. The molecule has 0 spiro atoms. The summed E-state index contributed by atoms with van der Waals surface area (Å²) >= 11 is 0. The average Bonchev–Trinajstić information content (AvgIpc) is 2.79. The number of nitrogens with zero attached hydrogens (tertiary/aromatic N) is 1. The highest BCUT2D eigenvalue weighted by Crippen LogP contribution is 2.32. The third-order valence-electron chi connectivity index (χ3n) is 4.45. The van der Waals surface area contributed by atoms with Crippen molar-refractivity contribution in [2.75, 3.05) is 17.7 Å². The molecule has 0 atom stereocenters. The number of benzene rings is 3. The van der Waals surface area contributed by atoms with Crippen LogP contribution in [0.1, 0.15) is 18.1 Å². The molecule has 0 aliphatic heterocycles. The standard InChI is InChI=1S/C24H22N2O2.CH5NO2S/c1-2-26(24(28)14-11-18-7-6-8-19(15-18)17-25)22-13-12-21(16-23(22)27)20-9-4-3-5-10-20;1-5(2,3)4/h3-17,25,27H,2H2,1H3;1H3,(H2,2,3,4)/b14-11+,25-17?;. The molecule has 0 radical (unpaired) electrons. The van der Waals surface area contributed by atoms with Gasteiger partial charge in [0.2, 0.25) is 10.0 Å². The van der Waals surface area contributed by atoms with Crippen LogP contribution in [0.4, 0.5) is 5.69 Å². The highest BCUT2D eigenvalue weighted by Gasteiger charge is 2.15. The van der Waals surface area contributed by atoms with Crippen LogP contribution in [0.15, 0.2) is 78.9 Å². The number of hydrogen-bond acceptors (Lipinski definition) is 5. The van der Waals surface area contributed by atoms with Crippen molar-refractivity contribution in [2.45, 2.75) is 6.92 Å². The summed E-state index contributed by atoms with van der Waals surface area (Å²) in [5, 5.41) is 22.2.